The fourth-order valence-electron chi connectivity index (χ4n) is 6.55. The smallest absolute Gasteiger partial charge is 0.407 e. The third-order valence-electron chi connectivity index (χ3n) is 8.79. The number of hydrogen-bond donors (Lipinski definition) is 1. The highest BCUT2D eigenvalue weighted by Gasteiger charge is 2.32. The Morgan fingerprint density at radius 2 is 1.88 bits per heavy atom. The van der Waals surface area contributed by atoms with Crippen LogP contribution in [0, 0.1) is 18.3 Å². The Morgan fingerprint density at radius 1 is 1.10 bits per heavy atom. The number of benzene rings is 2. The number of likely N-dealkylation sites (N-methyl/N-ethyl adjacent to an activating group) is 1. The summed E-state index contributed by atoms with van der Waals surface area (Å²) in [5.41, 5.74) is 5.80. The van der Waals surface area contributed by atoms with Gasteiger partial charge in [-0.3, -0.25) is 0 Å². The number of rotatable bonds is 5. The van der Waals surface area contributed by atoms with E-state index in [1.54, 1.807) is 0 Å². The lowest BCUT2D eigenvalue weighted by Gasteiger charge is -2.39. The van der Waals surface area contributed by atoms with Crippen molar-refractivity contribution < 1.29 is 14.6 Å². The van der Waals surface area contributed by atoms with Crippen molar-refractivity contribution in [3.8, 4) is 11.9 Å². The maximum atomic E-state index is 11.5. The van der Waals surface area contributed by atoms with Crippen LogP contribution in [-0.4, -0.2) is 84.9 Å². The molecule has 4 heterocycles. The van der Waals surface area contributed by atoms with Crippen molar-refractivity contribution in [2.24, 2.45) is 0 Å². The molecule has 0 saturated carbocycles. The molecule has 1 amide bonds. The van der Waals surface area contributed by atoms with Crippen LogP contribution in [-0.2, 0) is 13.0 Å². The summed E-state index contributed by atoms with van der Waals surface area (Å²) in [6.07, 6.45) is 2.06. The van der Waals surface area contributed by atoms with Gasteiger partial charge in [0, 0.05) is 55.4 Å². The normalized spacial score (nSPS) is 19.5. The molecule has 9 nitrogen and oxygen atoms in total. The van der Waals surface area contributed by atoms with Crippen molar-refractivity contribution in [1.29, 1.82) is 5.26 Å². The van der Waals surface area contributed by atoms with Crippen molar-refractivity contribution in [2.45, 2.75) is 38.8 Å². The largest absolute Gasteiger partial charge is 0.475 e. The Morgan fingerprint density at radius 3 is 2.58 bits per heavy atom. The predicted octanol–water partition coefficient (Wildman–Crippen LogP) is 4.25. The monoisotopic (exact) mass is 540 g/mol. The lowest BCUT2D eigenvalue weighted by Crippen LogP contribution is -2.49. The molecule has 3 aliphatic rings. The Kier molecular flexibility index (Phi) is 7.11. The number of carboxylic acid groups (broad SMARTS) is 1. The molecular formula is C31H36N6O3. The number of ether oxygens (including phenoxy) is 1. The van der Waals surface area contributed by atoms with Crippen molar-refractivity contribution in [2.75, 3.05) is 62.7 Å². The molecule has 1 N–H and O–H groups in total. The number of anilines is 2. The molecule has 0 radical (unpaired) electrons. The van der Waals surface area contributed by atoms with E-state index in [4.69, 9.17) is 9.72 Å². The predicted molar refractivity (Wildman–Crippen MR) is 155 cm³/mol. The molecule has 2 fully saturated rings. The lowest BCUT2D eigenvalue weighted by molar-refractivity contribution is 0.142. The molecule has 3 aliphatic heterocycles. The standard InChI is InChI=1S/C31H36N6O3/c1-21-6-3-7-22-8-4-10-27(28(21)22)37-13-11-24-26(19-37)33-30(40-20-23-9-5-12-34(23)2)25(18-32)29(24)35-14-16-36(17-15-35)31(38)39/h3-4,6-8,10,23H,5,9,11-17,19-20H2,1-2H3,(H,38,39). The number of amides is 1. The molecule has 0 spiro atoms. The zero-order valence-electron chi connectivity index (χ0n) is 23.3. The minimum Gasteiger partial charge on any atom is -0.475 e. The van der Waals surface area contributed by atoms with Gasteiger partial charge in [-0.1, -0.05) is 30.3 Å². The van der Waals surface area contributed by atoms with Crippen molar-refractivity contribution in [1.82, 2.24) is 14.8 Å². The summed E-state index contributed by atoms with van der Waals surface area (Å²) in [6, 6.07) is 15.6. The third kappa shape index (κ3) is 4.77. The maximum Gasteiger partial charge on any atom is 0.407 e. The van der Waals surface area contributed by atoms with Gasteiger partial charge in [0.05, 0.1) is 17.9 Å². The number of hydrogen-bond acceptors (Lipinski definition) is 7. The number of pyridine rings is 1. The van der Waals surface area contributed by atoms with Gasteiger partial charge in [0.2, 0.25) is 5.88 Å². The molecule has 40 heavy (non-hydrogen) atoms. The summed E-state index contributed by atoms with van der Waals surface area (Å²) in [6.45, 7) is 7.01. The van der Waals surface area contributed by atoms with Crippen LogP contribution in [0.1, 0.15) is 35.2 Å². The first-order chi connectivity index (χ1) is 19.4. The molecule has 0 bridgehead atoms. The molecular weight excluding hydrogens is 504 g/mol. The van der Waals surface area contributed by atoms with E-state index in [1.807, 2.05) is 0 Å². The van der Waals surface area contributed by atoms with Crippen LogP contribution in [0.25, 0.3) is 10.8 Å². The second-order valence-corrected chi connectivity index (χ2v) is 11.1. The van der Waals surface area contributed by atoms with Crippen molar-refractivity contribution >= 4 is 28.2 Å². The zero-order chi connectivity index (χ0) is 27.8. The van der Waals surface area contributed by atoms with Crippen LogP contribution in [0.4, 0.5) is 16.2 Å². The van der Waals surface area contributed by atoms with Gasteiger partial charge in [-0.25, -0.2) is 9.78 Å². The first-order valence-corrected chi connectivity index (χ1v) is 14.2. The van der Waals surface area contributed by atoms with Gasteiger partial charge in [-0.05, 0) is 56.8 Å². The van der Waals surface area contributed by atoms with Crippen molar-refractivity contribution in [3.63, 3.8) is 0 Å². The summed E-state index contributed by atoms with van der Waals surface area (Å²) in [4.78, 5) is 24.9. The number of aromatic nitrogens is 1. The number of carbonyl (C=O) groups is 1. The van der Waals surface area contributed by atoms with E-state index >= 15 is 0 Å². The molecule has 3 aromatic rings. The van der Waals surface area contributed by atoms with Gasteiger partial charge in [-0.2, -0.15) is 5.26 Å². The molecule has 1 atom stereocenters. The van der Waals surface area contributed by atoms with Crippen LogP contribution >= 0.6 is 0 Å². The SMILES string of the molecule is Cc1cccc2cccc(N3CCc4c(nc(OCC5CCCN5C)c(C#N)c4N4CCN(C(=O)O)CC4)C3)c12. The van der Waals surface area contributed by atoms with Gasteiger partial charge in [-0.15, -0.1) is 0 Å². The minimum atomic E-state index is -0.900. The highest BCUT2D eigenvalue weighted by atomic mass is 16.5. The lowest BCUT2D eigenvalue weighted by atomic mass is 9.96. The van der Waals surface area contributed by atoms with E-state index in [-0.39, 0.29) is 0 Å². The van der Waals surface area contributed by atoms with Gasteiger partial charge in [0.1, 0.15) is 18.2 Å². The Bertz CT molecular complexity index is 1470. The molecule has 9 heteroatoms. The van der Waals surface area contributed by atoms with Gasteiger partial charge in [0.15, 0.2) is 0 Å². The summed E-state index contributed by atoms with van der Waals surface area (Å²) in [5.74, 6) is 0.396. The van der Waals surface area contributed by atoms with E-state index in [1.165, 1.54) is 26.9 Å². The molecule has 2 saturated heterocycles. The van der Waals surface area contributed by atoms with E-state index in [0.29, 0.717) is 56.8 Å². The Labute approximate surface area is 235 Å². The second-order valence-electron chi connectivity index (χ2n) is 11.1. The van der Waals surface area contributed by atoms with Crippen LogP contribution in [0.3, 0.4) is 0 Å². The topological polar surface area (TPSA) is 96.2 Å². The summed E-state index contributed by atoms with van der Waals surface area (Å²) >= 11 is 0. The average molecular weight is 541 g/mol. The first-order valence-electron chi connectivity index (χ1n) is 14.2. The van der Waals surface area contributed by atoms with Crippen LogP contribution in [0.5, 0.6) is 5.88 Å². The van der Waals surface area contributed by atoms with Gasteiger partial charge >= 0.3 is 6.09 Å². The van der Waals surface area contributed by atoms with Gasteiger partial charge < -0.3 is 29.4 Å². The molecule has 1 unspecified atom stereocenters. The van der Waals surface area contributed by atoms with E-state index in [9.17, 15) is 15.2 Å². The van der Waals surface area contributed by atoms with Gasteiger partial charge in [0.25, 0.3) is 0 Å². The number of fused-ring (bicyclic) bond motifs is 2. The fraction of sp³-hybridized carbons (Fsp3) is 0.452. The van der Waals surface area contributed by atoms with Crippen molar-refractivity contribution in [3.05, 3.63) is 58.8 Å². The van der Waals surface area contributed by atoms with Crippen LogP contribution < -0.4 is 14.5 Å². The molecule has 2 aromatic carbocycles. The van der Waals surface area contributed by atoms with E-state index in [2.05, 4.69) is 71.1 Å². The number of nitrogens with zero attached hydrogens (tertiary/aromatic N) is 6. The quantitative estimate of drug-likeness (QED) is 0.513. The number of nitriles is 1. The molecule has 6 rings (SSSR count). The third-order valence-corrected chi connectivity index (χ3v) is 8.79. The molecule has 1 aromatic heterocycles. The highest BCUT2D eigenvalue weighted by molar-refractivity contribution is 5.97. The Balaban J connectivity index is 1.38. The van der Waals surface area contributed by atoms with E-state index < -0.39 is 6.09 Å². The summed E-state index contributed by atoms with van der Waals surface area (Å²) < 4.78 is 6.34. The van der Waals surface area contributed by atoms with E-state index in [0.717, 1.165) is 49.3 Å². The maximum absolute atomic E-state index is 11.5. The number of aryl methyl sites for hydroxylation is 1. The molecule has 208 valence electrons. The first kappa shape index (κ1) is 26.2. The summed E-state index contributed by atoms with van der Waals surface area (Å²) in [5, 5.41) is 22.3. The fourth-order valence-corrected chi connectivity index (χ4v) is 6.55. The number of likely N-dealkylation sites (tertiary alicyclic amines) is 1. The number of piperazine rings is 1. The molecule has 0 aliphatic carbocycles. The Hall–Kier alpha value is -4.03. The van der Waals surface area contributed by atoms with Crippen LogP contribution in [0.15, 0.2) is 36.4 Å². The second kappa shape index (κ2) is 10.9. The summed E-state index contributed by atoms with van der Waals surface area (Å²) in [7, 11) is 2.12. The van der Waals surface area contributed by atoms with Crippen LogP contribution in [0.2, 0.25) is 0 Å². The highest BCUT2D eigenvalue weighted by Crippen LogP contribution is 2.39. The zero-order valence-corrected chi connectivity index (χ0v) is 23.3. The average Bonchev–Trinajstić information content (AvgIpc) is 3.39. The minimum absolute atomic E-state index is 0.307.